The summed E-state index contributed by atoms with van der Waals surface area (Å²) in [5.74, 6) is 2.44. The van der Waals surface area contributed by atoms with Crippen molar-refractivity contribution in [2.45, 2.75) is 25.7 Å². The minimum Gasteiger partial charge on any atom is -0.383 e. The van der Waals surface area contributed by atoms with E-state index in [0.717, 1.165) is 17.3 Å². The van der Waals surface area contributed by atoms with Gasteiger partial charge in [0.15, 0.2) is 0 Å². The summed E-state index contributed by atoms with van der Waals surface area (Å²) in [7, 11) is 1.96. The predicted octanol–water partition coefficient (Wildman–Crippen LogP) is 2.86. The summed E-state index contributed by atoms with van der Waals surface area (Å²) >= 11 is 0. The second-order valence-electron chi connectivity index (χ2n) is 4.81. The van der Waals surface area contributed by atoms with Crippen LogP contribution in [-0.4, -0.2) is 9.55 Å². The number of imidazole rings is 1. The molecule has 0 saturated heterocycles. The van der Waals surface area contributed by atoms with Crippen LogP contribution >= 0.6 is 0 Å². The Bertz CT molecular complexity index is 565. The number of anilines is 1. The normalized spacial score (nSPS) is 15.2. The molecule has 88 valence electrons. The first-order valence-corrected chi connectivity index (χ1v) is 6.06. The first-order chi connectivity index (χ1) is 8.18. The van der Waals surface area contributed by atoms with Crippen LogP contribution in [0, 0.1) is 6.92 Å². The Labute approximate surface area is 101 Å². The first kappa shape index (κ1) is 10.4. The van der Waals surface area contributed by atoms with Crippen molar-refractivity contribution in [2.75, 3.05) is 5.73 Å². The van der Waals surface area contributed by atoms with Crippen molar-refractivity contribution < 1.29 is 0 Å². The Hall–Kier alpha value is -1.77. The molecule has 1 aliphatic rings. The quantitative estimate of drug-likeness (QED) is 0.857. The molecule has 2 N–H and O–H groups in total. The lowest BCUT2D eigenvalue weighted by atomic mass is 10.0. The smallest absolute Gasteiger partial charge is 0.131 e. The van der Waals surface area contributed by atoms with Gasteiger partial charge in [0.25, 0.3) is 0 Å². The maximum absolute atomic E-state index is 6.13. The average Bonchev–Trinajstić information content (AvgIpc) is 3.14. The van der Waals surface area contributed by atoms with Crippen LogP contribution in [-0.2, 0) is 7.05 Å². The van der Waals surface area contributed by atoms with Gasteiger partial charge in [-0.2, -0.15) is 0 Å². The largest absolute Gasteiger partial charge is 0.383 e. The minimum absolute atomic E-state index is 0.716. The van der Waals surface area contributed by atoms with E-state index in [0.29, 0.717) is 5.92 Å². The van der Waals surface area contributed by atoms with Crippen LogP contribution in [0.4, 0.5) is 5.82 Å². The lowest BCUT2D eigenvalue weighted by Gasteiger charge is -2.07. The van der Waals surface area contributed by atoms with Crippen LogP contribution < -0.4 is 5.73 Å². The van der Waals surface area contributed by atoms with E-state index in [1.54, 1.807) is 0 Å². The fourth-order valence-corrected chi connectivity index (χ4v) is 2.29. The Morgan fingerprint density at radius 1 is 1.29 bits per heavy atom. The van der Waals surface area contributed by atoms with Crippen LogP contribution in [0.5, 0.6) is 0 Å². The summed E-state index contributed by atoms with van der Waals surface area (Å²) in [6, 6.07) is 8.50. The van der Waals surface area contributed by atoms with Gasteiger partial charge in [-0.05, 0) is 31.2 Å². The van der Waals surface area contributed by atoms with E-state index >= 15 is 0 Å². The van der Waals surface area contributed by atoms with Gasteiger partial charge in [0.2, 0.25) is 0 Å². The second-order valence-corrected chi connectivity index (χ2v) is 4.81. The molecule has 0 aliphatic heterocycles. The zero-order chi connectivity index (χ0) is 12.0. The van der Waals surface area contributed by atoms with Crippen LogP contribution in [0.25, 0.3) is 11.3 Å². The van der Waals surface area contributed by atoms with E-state index in [4.69, 9.17) is 5.73 Å². The Kier molecular flexibility index (Phi) is 2.21. The van der Waals surface area contributed by atoms with Crippen molar-refractivity contribution in [1.82, 2.24) is 9.55 Å². The molecule has 1 aromatic heterocycles. The number of aromatic nitrogens is 2. The van der Waals surface area contributed by atoms with Crippen LogP contribution in [0.3, 0.4) is 0 Å². The third kappa shape index (κ3) is 1.62. The van der Waals surface area contributed by atoms with Crippen molar-refractivity contribution in [1.29, 1.82) is 0 Å². The van der Waals surface area contributed by atoms with Gasteiger partial charge < -0.3 is 10.3 Å². The molecule has 0 amide bonds. The number of hydrogen-bond donors (Lipinski definition) is 1. The molecule has 0 bridgehead atoms. The molecule has 17 heavy (non-hydrogen) atoms. The summed E-state index contributed by atoms with van der Waals surface area (Å²) in [5.41, 5.74) is 9.67. The molecule has 1 heterocycles. The molecule has 3 nitrogen and oxygen atoms in total. The standard InChI is InChI=1S/C14H17N3/c1-9-16-13(14(15)17(9)2)12-6-4-3-5-11(12)10-7-8-10/h3-6,10H,7-8,15H2,1-2H3. The van der Waals surface area contributed by atoms with Crippen molar-refractivity contribution >= 4 is 5.82 Å². The van der Waals surface area contributed by atoms with E-state index in [9.17, 15) is 0 Å². The van der Waals surface area contributed by atoms with Crippen LogP contribution in [0.1, 0.15) is 30.1 Å². The molecule has 1 aromatic carbocycles. The molecule has 1 aliphatic carbocycles. The van der Waals surface area contributed by atoms with Gasteiger partial charge in [0, 0.05) is 12.6 Å². The topological polar surface area (TPSA) is 43.8 Å². The van der Waals surface area contributed by atoms with Gasteiger partial charge >= 0.3 is 0 Å². The highest BCUT2D eigenvalue weighted by atomic mass is 15.1. The number of rotatable bonds is 2. The molecular weight excluding hydrogens is 210 g/mol. The molecule has 0 unspecified atom stereocenters. The van der Waals surface area contributed by atoms with E-state index in [1.807, 2.05) is 18.5 Å². The fraction of sp³-hybridized carbons (Fsp3) is 0.357. The van der Waals surface area contributed by atoms with Crippen LogP contribution in [0.15, 0.2) is 24.3 Å². The number of nitrogens with two attached hydrogens (primary N) is 1. The molecule has 1 saturated carbocycles. The lowest BCUT2D eigenvalue weighted by Crippen LogP contribution is -1.98. The maximum atomic E-state index is 6.13. The van der Waals surface area contributed by atoms with Crippen LogP contribution in [0.2, 0.25) is 0 Å². The van der Waals surface area contributed by atoms with Gasteiger partial charge in [-0.3, -0.25) is 0 Å². The molecule has 3 heteroatoms. The molecule has 0 spiro atoms. The molecule has 0 atom stereocenters. The highest BCUT2D eigenvalue weighted by Crippen LogP contribution is 2.44. The average molecular weight is 227 g/mol. The SMILES string of the molecule is Cc1nc(-c2ccccc2C2CC2)c(N)n1C. The van der Waals surface area contributed by atoms with Crippen molar-refractivity contribution in [2.24, 2.45) is 7.05 Å². The third-order valence-electron chi connectivity index (χ3n) is 3.60. The van der Waals surface area contributed by atoms with Gasteiger partial charge in [-0.25, -0.2) is 4.98 Å². The maximum Gasteiger partial charge on any atom is 0.131 e. The summed E-state index contributed by atoms with van der Waals surface area (Å²) in [5, 5.41) is 0. The lowest BCUT2D eigenvalue weighted by molar-refractivity contribution is 0.868. The fourth-order valence-electron chi connectivity index (χ4n) is 2.29. The second kappa shape index (κ2) is 3.62. The zero-order valence-electron chi connectivity index (χ0n) is 10.3. The van der Waals surface area contributed by atoms with Gasteiger partial charge in [-0.1, -0.05) is 24.3 Å². The Morgan fingerprint density at radius 2 is 2.00 bits per heavy atom. The van der Waals surface area contributed by atoms with E-state index in [-0.39, 0.29) is 0 Å². The minimum atomic E-state index is 0.716. The molecular formula is C14H17N3. The summed E-state index contributed by atoms with van der Waals surface area (Å²) < 4.78 is 1.94. The summed E-state index contributed by atoms with van der Waals surface area (Å²) in [4.78, 5) is 4.59. The number of nitrogen functional groups attached to an aromatic ring is 1. The molecule has 2 aromatic rings. The van der Waals surface area contributed by atoms with Crippen molar-refractivity contribution in [3.05, 3.63) is 35.7 Å². The van der Waals surface area contributed by atoms with E-state index < -0.39 is 0 Å². The molecule has 3 rings (SSSR count). The Morgan fingerprint density at radius 3 is 2.59 bits per heavy atom. The highest BCUT2D eigenvalue weighted by molar-refractivity contribution is 5.74. The summed E-state index contributed by atoms with van der Waals surface area (Å²) in [6.45, 7) is 1.99. The van der Waals surface area contributed by atoms with Gasteiger partial charge in [-0.15, -0.1) is 0 Å². The number of benzene rings is 1. The number of nitrogens with zero attached hydrogens (tertiary/aromatic N) is 2. The third-order valence-corrected chi connectivity index (χ3v) is 3.60. The predicted molar refractivity (Wildman–Crippen MR) is 69.8 cm³/mol. The monoisotopic (exact) mass is 227 g/mol. The zero-order valence-corrected chi connectivity index (χ0v) is 10.3. The van der Waals surface area contributed by atoms with Crippen molar-refractivity contribution in [3.63, 3.8) is 0 Å². The van der Waals surface area contributed by atoms with Gasteiger partial charge in [0.1, 0.15) is 17.3 Å². The molecule has 1 fully saturated rings. The van der Waals surface area contributed by atoms with Gasteiger partial charge in [0.05, 0.1) is 0 Å². The summed E-state index contributed by atoms with van der Waals surface area (Å²) in [6.07, 6.45) is 2.59. The Balaban J connectivity index is 2.17. The number of hydrogen-bond acceptors (Lipinski definition) is 2. The first-order valence-electron chi connectivity index (χ1n) is 6.06. The number of aryl methyl sites for hydroxylation is 1. The van der Waals surface area contributed by atoms with E-state index in [2.05, 4.69) is 29.2 Å². The van der Waals surface area contributed by atoms with Crippen molar-refractivity contribution in [3.8, 4) is 11.3 Å². The van der Waals surface area contributed by atoms with E-state index in [1.165, 1.54) is 24.0 Å². The highest BCUT2D eigenvalue weighted by Gasteiger charge is 2.27. The molecule has 0 radical (unpaired) electrons.